The maximum atomic E-state index is 5.55. The van der Waals surface area contributed by atoms with Gasteiger partial charge in [-0.1, -0.05) is 0 Å². The van der Waals surface area contributed by atoms with Gasteiger partial charge in [0, 0.05) is 19.2 Å². The first kappa shape index (κ1) is 11.7. The molecular formula is C10H20N2OS. The molecule has 1 aliphatic rings. The number of hydrogen-bond donors (Lipinski definition) is 2. The number of thiocarbonyl (C=S) groups is 1. The molecule has 0 bridgehead atoms. The van der Waals surface area contributed by atoms with E-state index in [0.717, 1.165) is 18.3 Å². The van der Waals surface area contributed by atoms with Crippen molar-refractivity contribution in [2.24, 2.45) is 0 Å². The number of hydrogen-bond acceptors (Lipinski definition) is 2. The Kier molecular flexibility index (Phi) is 4.13. The van der Waals surface area contributed by atoms with Crippen LogP contribution in [0, 0.1) is 0 Å². The van der Waals surface area contributed by atoms with Crippen molar-refractivity contribution in [3.63, 3.8) is 0 Å². The van der Waals surface area contributed by atoms with E-state index in [0.29, 0.717) is 6.04 Å². The molecule has 4 heteroatoms. The summed E-state index contributed by atoms with van der Waals surface area (Å²) in [6.45, 7) is 7.60. The van der Waals surface area contributed by atoms with Gasteiger partial charge in [0.1, 0.15) is 0 Å². The van der Waals surface area contributed by atoms with Crippen LogP contribution in [-0.2, 0) is 4.74 Å². The lowest BCUT2D eigenvalue weighted by atomic mass is 10.1. The highest BCUT2D eigenvalue weighted by atomic mass is 32.1. The third kappa shape index (κ3) is 4.77. The second-order valence-corrected chi connectivity index (χ2v) is 4.70. The Morgan fingerprint density at radius 2 is 2.14 bits per heavy atom. The Labute approximate surface area is 91.6 Å². The van der Waals surface area contributed by atoms with Crippen molar-refractivity contribution in [1.29, 1.82) is 0 Å². The van der Waals surface area contributed by atoms with Crippen molar-refractivity contribution in [3.05, 3.63) is 0 Å². The molecule has 2 N–H and O–H groups in total. The Morgan fingerprint density at radius 1 is 1.50 bits per heavy atom. The molecule has 0 unspecified atom stereocenters. The van der Waals surface area contributed by atoms with E-state index in [9.17, 15) is 0 Å². The molecule has 0 aromatic carbocycles. The average molecular weight is 216 g/mol. The molecule has 82 valence electrons. The summed E-state index contributed by atoms with van der Waals surface area (Å²) in [5, 5.41) is 7.16. The first-order chi connectivity index (χ1) is 6.53. The number of rotatable bonds is 5. The van der Waals surface area contributed by atoms with Gasteiger partial charge in [0.2, 0.25) is 0 Å². The van der Waals surface area contributed by atoms with Crippen LogP contribution < -0.4 is 10.6 Å². The lowest BCUT2D eigenvalue weighted by molar-refractivity contribution is -0.00573. The largest absolute Gasteiger partial charge is 0.374 e. The molecule has 0 heterocycles. The van der Waals surface area contributed by atoms with E-state index in [-0.39, 0.29) is 5.60 Å². The second-order valence-electron chi connectivity index (χ2n) is 4.29. The molecule has 14 heavy (non-hydrogen) atoms. The van der Waals surface area contributed by atoms with Gasteiger partial charge in [-0.05, 0) is 45.8 Å². The maximum Gasteiger partial charge on any atom is 0.166 e. The fourth-order valence-corrected chi connectivity index (χ4v) is 1.44. The zero-order valence-corrected chi connectivity index (χ0v) is 10.0. The topological polar surface area (TPSA) is 33.3 Å². The molecule has 1 rings (SSSR count). The SMILES string of the molecule is CCOC(C)(C)CNC(=S)NC1CC1. The van der Waals surface area contributed by atoms with Gasteiger partial charge in [-0.2, -0.15) is 0 Å². The van der Waals surface area contributed by atoms with E-state index in [2.05, 4.69) is 24.5 Å². The van der Waals surface area contributed by atoms with Gasteiger partial charge < -0.3 is 15.4 Å². The molecule has 1 fully saturated rings. The molecule has 0 aromatic rings. The third-order valence-electron chi connectivity index (χ3n) is 2.12. The van der Waals surface area contributed by atoms with Crippen molar-refractivity contribution in [2.75, 3.05) is 13.2 Å². The zero-order valence-electron chi connectivity index (χ0n) is 9.22. The van der Waals surface area contributed by atoms with E-state index in [4.69, 9.17) is 17.0 Å². The van der Waals surface area contributed by atoms with Gasteiger partial charge in [-0.25, -0.2) is 0 Å². The highest BCUT2D eigenvalue weighted by molar-refractivity contribution is 7.80. The van der Waals surface area contributed by atoms with Crippen LogP contribution in [0.25, 0.3) is 0 Å². The van der Waals surface area contributed by atoms with Gasteiger partial charge in [-0.15, -0.1) is 0 Å². The summed E-state index contributed by atoms with van der Waals surface area (Å²) in [5.74, 6) is 0. The molecule has 3 nitrogen and oxygen atoms in total. The van der Waals surface area contributed by atoms with Gasteiger partial charge in [0.05, 0.1) is 5.60 Å². The summed E-state index contributed by atoms with van der Waals surface area (Å²) in [6.07, 6.45) is 2.49. The summed E-state index contributed by atoms with van der Waals surface area (Å²) >= 11 is 5.14. The first-order valence-corrected chi connectivity index (χ1v) is 5.62. The summed E-state index contributed by atoms with van der Waals surface area (Å²) in [6, 6.07) is 0.616. The Hall–Kier alpha value is -0.350. The number of ether oxygens (including phenoxy) is 1. The molecular weight excluding hydrogens is 196 g/mol. The quantitative estimate of drug-likeness (QED) is 0.681. The number of nitrogens with one attached hydrogen (secondary N) is 2. The van der Waals surface area contributed by atoms with Crippen LogP contribution in [0.4, 0.5) is 0 Å². The maximum absolute atomic E-state index is 5.55. The highest BCUT2D eigenvalue weighted by Crippen LogP contribution is 2.18. The minimum Gasteiger partial charge on any atom is -0.374 e. The third-order valence-corrected chi connectivity index (χ3v) is 2.38. The van der Waals surface area contributed by atoms with E-state index in [1.165, 1.54) is 12.8 Å². The van der Waals surface area contributed by atoms with Crippen molar-refractivity contribution >= 4 is 17.3 Å². The smallest absolute Gasteiger partial charge is 0.166 e. The van der Waals surface area contributed by atoms with Crippen LogP contribution in [-0.4, -0.2) is 29.9 Å². The first-order valence-electron chi connectivity index (χ1n) is 5.22. The molecule has 0 atom stereocenters. The van der Waals surface area contributed by atoms with Crippen LogP contribution in [0.5, 0.6) is 0 Å². The molecule has 0 spiro atoms. The monoisotopic (exact) mass is 216 g/mol. The van der Waals surface area contributed by atoms with E-state index >= 15 is 0 Å². The molecule has 0 aliphatic heterocycles. The van der Waals surface area contributed by atoms with Gasteiger partial charge in [-0.3, -0.25) is 0 Å². The standard InChI is InChI=1S/C10H20N2OS/c1-4-13-10(2,3)7-11-9(14)12-8-5-6-8/h8H,4-7H2,1-3H3,(H2,11,12,14). The minimum atomic E-state index is -0.149. The lowest BCUT2D eigenvalue weighted by Gasteiger charge is -2.25. The second kappa shape index (κ2) is 4.94. The Balaban J connectivity index is 2.13. The fraction of sp³-hybridized carbons (Fsp3) is 0.900. The Bertz CT molecular complexity index is 202. The molecule has 0 radical (unpaired) electrons. The summed E-state index contributed by atoms with van der Waals surface area (Å²) in [5.41, 5.74) is -0.149. The predicted octanol–water partition coefficient (Wildman–Crippen LogP) is 1.43. The summed E-state index contributed by atoms with van der Waals surface area (Å²) in [4.78, 5) is 0. The molecule has 0 amide bonds. The van der Waals surface area contributed by atoms with Crippen molar-refractivity contribution in [3.8, 4) is 0 Å². The molecule has 1 aliphatic carbocycles. The summed E-state index contributed by atoms with van der Waals surface area (Å²) in [7, 11) is 0. The van der Waals surface area contributed by atoms with E-state index in [1.54, 1.807) is 0 Å². The predicted molar refractivity (Wildman–Crippen MR) is 62.5 cm³/mol. The Morgan fingerprint density at radius 3 is 2.64 bits per heavy atom. The van der Waals surface area contributed by atoms with Crippen LogP contribution in [0.1, 0.15) is 33.6 Å². The average Bonchev–Trinajstić information content (AvgIpc) is 2.85. The minimum absolute atomic E-state index is 0.149. The van der Waals surface area contributed by atoms with Crippen molar-refractivity contribution in [1.82, 2.24) is 10.6 Å². The van der Waals surface area contributed by atoms with Gasteiger partial charge in [0.15, 0.2) is 5.11 Å². The van der Waals surface area contributed by atoms with Crippen LogP contribution >= 0.6 is 12.2 Å². The van der Waals surface area contributed by atoms with Gasteiger partial charge in [0.25, 0.3) is 0 Å². The van der Waals surface area contributed by atoms with E-state index < -0.39 is 0 Å². The molecule has 0 saturated heterocycles. The zero-order chi connectivity index (χ0) is 10.6. The van der Waals surface area contributed by atoms with Crippen molar-refractivity contribution in [2.45, 2.75) is 45.3 Å². The van der Waals surface area contributed by atoms with Gasteiger partial charge >= 0.3 is 0 Å². The molecule has 0 aromatic heterocycles. The summed E-state index contributed by atoms with van der Waals surface area (Å²) < 4.78 is 5.55. The fourth-order valence-electron chi connectivity index (χ4n) is 1.20. The van der Waals surface area contributed by atoms with E-state index in [1.807, 2.05) is 6.92 Å². The van der Waals surface area contributed by atoms with Crippen LogP contribution in [0.3, 0.4) is 0 Å². The van der Waals surface area contributed by atoms with Crippen molar-refractivity contribution < 1.29 is 4.74 Å². The van der Waals surface area contributed by atoms with Crippen LogP contribution in [0.15, 0.2) is 0 Å². The molecule has 1 saturated carbocycles. The van der Waals surface area contributed by atoms with Crippen LogP contribution in [0.2, 0.25) is 0 Å². The highest BCUT2D eigenvalue weighted by Gasteiger charge is 2.23. The normalized spacial score (nSPS) is 16.5. The lowest BCUT2D eigenvalue weighted by Crippen LogP contribution is -2.45.